The summed E-state index contributed by atoms with van der Waals surface area (Å²) in [5, 5.41) is 18.7. The number of thiophene rings is 1. The topological polar surface area (TPSA) is 111 Å². The van der Waals surface area contributed by atoms with E-state index in [2.05, 4.69) is 73.9 Å². The smallest absolute Gasteiger partial charge is 0.368 e. The lowest BCUT2D eigenvalue weighted by molar-refractivity contribution is -0.126. The third-order valence-electron chi connectivity index (χ3n) is 9.21. The van der Waals surface area contributed by atoms with E-state index in [0.29, 0.717) is 33.8 Å². The lowest BCUT2D eigenvalue weighted by Crippen LogP contribution is -2.53. The number of hydrogen-bond donors (Lipinski definition) is 3. The number of aromatic nitrogens is 3. The summed E-state index contributed by atoms with van der Waals surface area (Å²) in [7, 11) is 0. The molecule has 2 unspecified atom stereocenters. The van der Waals surface area contributed by atoms with Gasteiger partial charge in [0.05, 0.1) is 11.8 Å². The molecule has 2 atom stereocenters. The second-order valence-corrected chi connectivity index (χ2v) is 13.7. The minimum atomic E-state index is -4.28. The zero-order chi connectivity index (χ0) is 31.9. The zero-order valence-electron chi connectivity index (χ0n) is 25.9. The van der Waals surface area contributed by atoms with Crippen molar-refractivity contribution in [3.05, 3.63) is 46.0 Å². The van der Waals surface area contributed by atoms with Gasteiger partial charge in [0.15, 0.2) is 0 Å². The van der Waals surface area contributed by atoms with Crippen LogP contribution in [0.5, 0.6) is 0 Å². The second kappa shape index (κ2) is 12.7. The molecule has 2 aliphatic rings. The van der Waals surface area contributed by atoms with Gasteiger partial charge in [0.1, 0.15) is 22.4 Å². The summed E-state index contributed by atoms with van der Waals surface area (Å²) in [5.41, 5.74) is 10.2. The second-order valence-electron chi connectivity index (χ2n) is 12.6. The van der Waals surface area contributed by atoms with Crippen molar-refractivity contribution in [1.82, 2.24) is 29.7 Å². The van der Waals surface area contributed by atoms with E-state index in [1.54, 1.807) is 0 Å². The molecule has 2 aliphatic heterocycles. The molecule has 0 aliphatic carbocycles. The Balaban J connectivity index is 1.11. The van der Waals surface area contributed by atoms with Crippen molar-refractivity contribution in [2.45, 2.75) is 77.4 Å². The highest BCUT2D eigenvalue weighted by Crippen LogP contribution is 2.34. The molecule has 4 aromatic rings. The number of nitriles is 1. The van der Waals surface area contributed by atoms with Crippen LogP contribution in [-0.4, -0.2) is 81.4 Å². The van der Waals surface area contributed by atoms with Crippen LogP contribution >= 0.6 is 11.3 Å². The molecule has 45 heavy (non-hydrogen) atoms. The average Bonchev–Trinajstić information content (AvgIpc) is 3.55. The fourth-order valence-electron chi connectivity index (χ4n) is 6.78. The Kier molecular flexibility index (Phi) is 8.94. The number of anilines is 2. The number of halogens is 3. The van der Waals surface area contributed by atoms with Crippen molar-refractivity contribution < 1.29 is 13.2 Å². The molecule has 5 heterocycles. The van der Waals surface area contributed by atoms with Gasteiger partial charge >= 0.3 is 6.18 Å². The van der Waals surface area contributed by atoms with Gasteiger partial charge in [0.25, 0.3) is 0 Å². The number of nitrogen functional groups attached to an aromatic ring is 1. The van der Waals surface area contributed by atoms with E-state index >= 15 is 0 Å². The molecule has 2 fully saturated rings. The van der Waals surface area contributed by atoms with Gasteiger partial charge in [-0.25, -0.2) is 4.98 Å². The van der Waals surface area contributed by atoms with Gasteiger partial charge in [-0.1, -0.05) is 6.07 Å². The number of likely N-dealkylation sites (tertiary alicyclic amines) is 1. The molecule has 6 rings (SSSR count). The molecule has 240 valence electrons. The zero-order valence-corrected chi connectivity index (χ0v) is 26.7. The molecule has 9 nitrogen and oxygen atoms in total. The first-order valence-electron chi connectivity index (χ1n) is 15.6. The maximum atomic E-state index is 13.0. The van der Waals surface area contributed by atoms with E-state index in [9.17, 15) is 18.4 Å². The van der Waals surface area contributed by atoms with Gasteiger partial charge in [-0.05, 0) is 62.9 Å². The number of nitrogens with zero attached hydrogens (tertiary/aromatic N) is 6. The number of fused-ring (bicyclic) bond motifs is 2. The third kappa shape index (κ3) is 7.04. The number of piperidine rings is 1. The number of piperazine rings is 1. The SMILES string of the molecule is Cc1c(CN2CCC(Nc3nc(N)nc4sc(CC(F)(F)F)cc34)CC2)ccc2c1cc(C#N)n2CC(C)N1CCNC(C)C1. The van der Waals surface area contributed by atoms with Gasteiger partial charge in [-0.3, -0.25) is 9.80 Å². The van der Waals surface area contributed by atoms with Gasteiger partial charge in [-0.2, -0.15) is 23.4 Å². The Hall–Kier alpha value is -3.44. The number of hydrogen-bond acceptors (Lipinski definition) is 9. The molecule has 0 radical (unpaired) electrons. The molecule has 0 saturated carbocycles. The van der Waals surface area contributed by atoms with Crippen molar-refractivity contribution in [3.63, 3.8) is 0 Å². The van der Waals surface area contributed by atoms with Crippen LogP contribution in [0.15, 0.2) is 24.3 Å². The van der Waals surface area contributed by atoms with Gasteiger partial charge in [-0.15, -0.1) is 11.3 Å². The number of benzene rings is 1. The molecular weight excluding hydrogens is 599 g/mol. The Labute approximate surface area is 265 Å². The van der Waals surface area contributed by atoms with E-state index in [1.807, 2.05) is 6.07 Å². The van der Waals surface area contributed by atoms with E-state index in [1.165, 1.54) is 17.2 Å². The van der Waals surface area contributed by atoms with Crippen molar-refractivity contribution in [2.75, 3.05) is 43.8 Å². The lowest BCUT2D eigenvalue weighted by atomic mass is 10.0. The average molecular weight is 640 g/mol. The number of nitrogens with two attached hydrogens (primary N) is 1. The minimum absolute atomic E-state index is 0.0509. The summed E-state index contributed by atoms with van der Waals surface area (Å²) in [5.74, 6) is 0.551. The van der Waals surface area contributed by atoms with Crippen LogP contribution in [0.2, 0.25) is 0 Å². The molecule has 1 aromatic carbocycles. The third-order valence-corrected chi connectivity index (χ3v) is 10.2. The summed E-state index contributed by atoms with van der Waals surface area (Å²) in [4.78, 5) is 14.1. The molecular formula is C32H40F3N9S. The first kappa shape index (κ1) is 31.5. The first-order valence-corrected chi connectivity index (χ1v) is 16.4. The van der Waals surface area contributed by atoms with E-state index in [0.717, 1.165) is 80.9 Å². The number of rotatable bonds is 8. The van der Waals surface area contributed by atoms with Crippen LogP contribution in [0.1, 0.15) is 48.4 Å². The Morgan fingerprint density at radius 1 is 1.18 bits per heavy atom. The highest BCUT2D eigenvalue weighted by molar-refractivity contribution is 7.18. The predicted octanol–water partition coefficient (Wildman–Crippen LogP) is 5.27. The number of nitrogens with one attached hydrogen (secondary N) is 2. The summed E-state index contributed by atoms with van der Waals surface area (Å²) >= 11 is 1.01. The van der Waals surface area contributed by atoms with Crippen LogP contribution < -0.4 is 16.4 Å². The Bertz CT molecular complexity index is 1710. The van der Waals surface area contributed by atoms with Crippen molar-refractivity contribution >= 4 is 44.2 Å². The van der Waals surface area contributed by atoms with Crippen LogP contribution in [0.25, 0.3) is 21.1 Å². The molecule has 0 bridgehead atoms. The summed E-state index contributed by atoms with van der Waals surface area (Å²) in [6, 6.07) is 11.3. The Morgan fingerprint density at radius 2 is 1.96 bits per heavy atom. The summed E-state index contributed by atoms with van der Waals surface area (Å²) in [6.07, 6.45) is -3.55. The number of alkyl halides is 3. The molecule has 13 heteroatoms. The normalized spacial score (nSPS) is 19.7. The summed E-state index contributed by atoms with van der Waals surface area (Å²) < 4.78 is 41.1. The van der Waals surface area contributed by atoms with Crippen molar-refractivity contribution in [2.24, 2.45) is 0 Å². The van der Waals surface area contributed by atoms with E-state index < -0.39 is 12.6 Å². The molecule has 4 N–H and O–H groups in total. The highest BCUT2D eigenvalue weighted by Gasteiger charge is 2.30. The monoisotopic (exact) mass is 639 g/mol. The van der Waals surface area contributed by atoms with Gasteiger partial charge in [0, 0.05) is 79.7 Å². The largest absolute Gasteiger partial charge is 0.393 e. The van der Waals surface area contributed by atoms with Crippen LogP contribution in [-0.2, 0) is 19.5 Å². The fraction of sp³-hybridized carbons (Fsp3) is 0.531. The molecule has 0 spiro atoms. The maximum absolute atomic E-state index is 13.0. The van der Waals surface area contributed by atoms with Gasteiger partial charge in [0.2, 0.25) is 5.95 Å². The first-order chi connectivity index (χ1) is 21.5. The molecule has 3 aromatic heterocycles. The fourth-order valence-corrected chi connectivity index (χ4v) is 7.84. The van der Waals surface area contributed by atoms with Crippen molar-refractivity contribution in [1.29, 1.82) is 5.26 Å². The van der Waals surface area contributed by atoms with E-state index in [-0.39, 0.29) is 16.9 Å². The minimum Gasteiger partial charge on any atom is -0.368 e. The summed E-state index contributed by atoms with van der Waals surface area (Å²) in [6.45, 7) is 12.9. The maximum Gasteiger partial charge on any atom is 0.393 e. The Morgan fingerprint density at radius 3 is 2.67 bits per heavy atom. The van der Waals surface area contributed by atoms with Crippen LogP contribution in [0.3, 0.4) is 0 Å². The standard InChI is InChI=1S/C32H40F3N9S/c1-19-16-43(11-8-38-19)20(2)17-44-24(15-36)12-26-21(3)22(4-5-28(26)44)18-42-9-6-23(7-10-42)39-29-27-13-25(14-32(33,34)35)45-30(27)41-31(37)40-29/h4-5,12-13,19-20,23,38H,6-11,14,16-18H2,1-3H3,(H3,37,39,40,41). The van der Waals surface area contributed by atoms with Crippen LogP contribution in [0, 0.1) is 18.3 Å². The highest BCUT2D eigenvalue weighted by atomic mass is 32.1. The van der Waals surface area contributed by atoms with Crippen LogP contribution in [0.4, 0.5) is 24.9 Å². The predicted molar refractivity (Wildman–Crippen MR) is 173 cm³/mol. The molecule has 0 amide bonds. The molecule has 2 saturated heterocycles. The quantitative estimate of drug-likeness (QED) is 0.239. The number of aryl methyl sites for hydroxylation is 1. The van der Waals surface area contributed by atoms with E-state index in [4.69, 9.17) is 5.73 Å². The lowest BCUT2D eigenvalue weighted by Gasteiger charge is -2.36. The van der Waals surface area contributed by atoms with Gasteiger partial charge < -0.3 is 20.9 Å². The van der Waals surface area contributed by atoms with Crippen molar-refractivity contribution in [3.8, 4) is 6.07 Å².